The van der Waals surface area contributed by atoms with Crippen LogP contribution in [0.25, 0.3) is 20.4 Å². The predicted molar refractivity (Wildman–Crippen MR) is 513 cm³/mol. The van der Waals surface area contributed by atoms with Crippen LogP contribution in [0.1, 0.15) is 48.6 Å². The molecule has 0 radical (unpaired) electrons. The number of aryl methyl sites for hydroxylation is 1. The van der Waals surface area contributed by atoms with Gasteiger partial charge in [0.1, 0.15) is 32.4 Å². The zero-order valence-electron chi connectivity index (χ0n) is 62.2. The van der Waals surface area contributed by atoms with Crippen LogP contribution in [0.2, 0.25) is 0 Å². The molecular weight excluding hydrogens is 1920 g/mol. The molecule has 50 heteroatoms. The fourth-order valence-electron chi connectivity index (χ4n) is 7.75. The zero-order chi connectivity index (χ0) is 84.9. The number of rotatable bonds is 12. The molecule has 0 saturated carbocycles. The Bertz CT molecular complexity index is 5520. The number of hydrazine groups is 2. The SMILES string of the molecule is CCCCCn1c(=O)[nH][nH]c1=S.COc1ccc(C(=S)NN)cc1.CSc1ncc(C(N)=S)c(N)n1.Cc1csc(=S)n1O.NC(=S)NC(=S)Nc1ccccc1.NC(=S)c1ccc(F)cc1.O=C1CSC(=S)N1Nc1ccccc1.O=c1[nH][nH]c(=S)[nH]1.S=c1[nH][nH]c(=S)s1.S=c1[nH]c2ccccc2s1.S=c1[nH]c2ccccc2s1.[Na+].[Zn+2]. The van der Waals surface area contributed by atoms with E-state index in [1.54, 1.807) is 53.4 Å². The number of methoxy groups -OCH3 is 1. The van der Waals surface area contributed by atoms with Crippen molar-refractivity contribution in [2.45, 2.75) is 44.8 Å². The second kappa shape index (κ2) is 58.8. The number of amides is 1. The summed E-state index contributed by atoms with van der Waals surface area (Å²) in [6.45, 7) is 4.64. The number of carbonyl (C=O) groups is 1. The van der Waals surface area contributed by atoms with Gasteiger partial charge in [-0.15, -0.1) is 34.0 Å². The Balaban J connectivity index is 0.000000438. The Morgan fingerprint density at radius 3 is 1.58 bits per heavy atom. The summed E-state index contributed by atoms with van der Waals surface area (Å²) in [4.78, 5) is 49.9. The number of thiazole rings is 3. The summed E-state index contributed by atoms with van der Waals surface area (Å²) < 4.78 is 27.2. The van der Waals surface area contributed by atoms with E-state index in [9.17, 15) is 18.8 Å². The molecule has 0 atom stereocenters. The third-order valence-corrected chi connectivity index (χ3v) is 21.7. The Hall–Kier alpha value is -6.99. The maximum absolute atomic E-state index is 12.3. The number of fused-ring (bicyclic) bond motifs is 2. The maximum Gasteiger partial charge on any atom is 2.00 e. The average molecular weight is 2000 g/mol. The van der Waals surface area contributed by atoms with Crippen molar-refractivity contribution < 1.29 is 68.2 Å². The quantitative estimate of drug-likeness (QED) is 0.00789. The fraction of sp³-hybridized carbons (Fsp3) is 0.134. The Morgan fingerprint density at radius 1 is 0.667 bits per heavy atom. The third kappa shape index (κ3) is 42.2. The Kier molecular flexibility index (Phi) is 53.4. The van der Waals surface area contributed by atoms with Gasteiger partial charge < -0.3 is 58.9 Å². The number of thioether (sulfide) groups is 2. The van der Waals surface area contributed by atoms with Crippen molar-refractivity contribution in [3.8, 4) is 5.75 Å². The summed E-state index contributed by atoms with van der Waals surface area (Å²) in [5, 5.41) is 33.8. The number of nitrogens with one attached hydrogen (secondary N) is 13. The van der Waals surface area contributed by atoms with Crippen molar-refractivity contribution in [2.75, 3.05) is 35.6 Å². The van der Waals surface area contributed by atoms with Crippen molar-refractivity contribution >= 4 is 301 Å². The minimum absolute atomic E-state index is 0. The molecule has 13 aromatic rings. The number of carbonyl (C=O) groups excluding carboxylic acids is 1. The molecule has 0 unspecified atom stereocenters. The number of aromatic nitrogens is 13. The first-order valence-electron chi connectivity index (χ1n) is 32.3. The fourth-order valence-corrected chi connectivity index (χ4v) is 14.5. The molecule has 28 nitrogen and oxygen atoms in total. The van der Waals surface area contributed by atoms with E-state index < -0.39 is 0 Å². The first kappa shape index (κ1) is 106. The van der Waals surface area contributed by atoms with Gasteiger partial charge in [0, 0.05) is 34.9 Å². The monoisotopic (exact) mass is 1990 g/mol. The van der Waals surface area contributed by atoms with Crippen LogP contribution in [0.4, 0.5) is 21.6 Å². The number of ether oxygens (including phenoxy) is 1. The largest absolute Gasteiger partial charge is 2.00 e. The second-order valence-electron chi connectivity index (χ2n) is 21.3. The number of nitrogen functional groups attached to an aromatic ring is 1. The Morgan fingerprint density at radius 2 is 1.21 bits per heavy atom. The van der Waals surface area contributed by atoms with Crippen molar-refractivity contribution in [1.82, 2.24) is 80.6 Å². The van der Waals surface area contributed by atoms with Gasteiger partial charge in [0.25, 0.3) is 5.91 Å². The number of H-pyrrole nitrogens is 9. The summed E-state index contributed by atoms with van der Waals surface area (Å²) in [7, 11) is 1.62. The van der Waals surface area contributed by atoms with Gasteiger partial charge in [-0.25, -0.2) is 45.0 Å². The van der Waals surface area contributed by atoms with Crippen molar-refractivity contribution in [1.29, 1.82) is 0 Å². The number of hydrogen-bond acceptors (Lipinski definition) is 29. The molecule has 6 aromatic carbocycles. The number of halogens is 1. The summed E-state index contributed by atoms with van der Waals surface area (Å²) in [6.07, 6.45) is 6.69. The molecule has 608 valence electrons. The predicted octanol–water partition coefficient (Wildman–Crippen LogP) is 13.6. The van der Waals surface area contributed by atoms with Gasteiger partial charge in [-0.3, -0.25) is 40.2 Å². The molecule has 117 heavy (non-hydrogen) atoms. The van der Waals surface area contributed by atoms with Gasteiger partial charge in [0.15, 0.2) is 49.0 Å². The summed E-state index contributed by atoms with van der Waals surface area (Å²) >= 11 is 71.1. The molecule has 8 heterocycles. The van der Waals surface area contributed by atoms with Gasteiger partial charge >= 0.3 is 60.4 Å². The van der Waals surface area contributed by atoms with E-state index in [0.29, 0.717) is 75.2 Å². The number of nitrogens with zero attached hydrogens (tertiary/aromatic N) is 5. The van der Waals surface area contributed by atoms with Gasteiger partial charge in [0.05, 0.1) is 50.2 Å². The summed E-state index contributed by atoms with van der Waals surface area (Å²) in [5.74, 6) is 6.45. The van der Waals surface area contributed by atoms with Gasteiger partial charge in [0.2, 0.25) is 0 Å². The molecule has 14 rings (SSSR count). The molecule has 1 amide bonds. The molecule has 0 spiro atoms. The van der Waals surface area contributed by atoms with Gasteiger partial charge in [-0.1, -0.05) is 164 Å². The van der Waals surface area contributed by atoms with Crippen LogP contribution < -0.4 is 95.9 Å². The molecule has 1 saturated heterocycles. The number of thiocarbonyl (C=S) groups is 6. The van der Waals surface area contributed by atoms with Crippen LogP contribution in [0.5, 0.6) is 5.75 Å². The smallest absolute Gasteiger partial charge is 0.497 e. The Labute approximate surface area is 796 Å². The summed E-state index contributed by atoms with van der Waals surface area (Å²) in [5.41, 5.74) is 33.3. The van der Waals surface area contributed by atoms with Crippen LogP contribution in [0.15, 0.2) is 184 Å². The minimum Gasteiger partial charge on any atom is -0.497 e. The number of benzene rings is 6. The van der Waals surface area contributed by atoms with Gasteiger partial charge in [-0.05, 0) is 227 Å². The first-order valence-corrected chi connectivity index (χ1v) is 43.1. The average Bonchev–Trinajstić information content (AvgIpc) is 1.77. The zero-order valence-corrected chi connectivity index (χ0v) is 82.7. The first-order chi connectivity index (χ1) is 54.8. The molecular formula is C67H74FN23NaO5S19Zn+3. The maximum atomic E-state index is 12.3. The van der Waals surface area contributed by atoms with E-state index in [1.165, 1.54) is 78.9 Å². The topological polar surface area (TPSA) is 440 Å². The van der Waals surface area contributed by atoms with Crippen molar-refractivity contribution in [3.05, 3.63) is 248 Å². The molecule has 24 N–H and O–H groups in total. The number of unbranched alkanes of at least 4 members (excludes halogenated alkanes) is 2. The van der Waals surface area contributed by atoms with Crippen LogP contribution in [0.3, 0.4) is 0 Å². The molecule has 1 aliphatic heterocycles. The normalized spacial score (nSPS) is 10.3. The molecule has 1 aliphatic rings. The number of anilines is 3. The van der Waals surface area contributed by atoms with Crippen LogP contribution in [0, 0.1) is 42.1 Å². The van der Waals surface area contributed by atoms with E-state index >= 15 is 0 Å². The van der Waals surface area contributed by atoms with Crippen LogP contribution in [-0.2, 0) is 30.8 Å². The second-order valence-corrected chi connectivity index (χ2v) is 33.9. The van der Waals surface area contributed by atoms with Crippen molar-refractivity contribution in [2.24, 2.45) is 23.0 Å². The standard InChI is InChI=1S/C9H8N2OS2.C8H9N3S2.C8H10N2OS.C7H6FNS.C7H13N3OS.2C7H5NS2.C6H8N4S2.C4H5NOS2.C2H3N3OS.C2H2N2S3.Na.Zn/c12-8-6-14-9(13)11(8)10-7-4-2-1-3-5-7;9-7(12)11-8(13)10-6-4-2-1-3-5-6;1-11-7-4-2-6(3-5-7)8(12)10-9;8-6-3-1-5(2-4-6)7(9)10;1-2-3-4-5-10-6(11)8-9-7(10)12;2*9-7-8-5-3-1-2-4-6(5)10-7;1-12-6-9-2-3(5(8)11)4(7)10-6;1-3-2-8-4(7)5(3)6;6-1-3-2(7)5-4-1;5-1-3-4-2(6)7-1;;/h1-5,10H,6H2;1-5H,(H4,9,10,11,12,13);2-5H,9H2,1H3,(H,10,12);1-4H,(H2,9,10);2-5H2,1H3,(H,8,11)(H,9,12);2*1-4H,(H,8,9);2H,1H3,(H2,8,11)(H2,7,9,10);2,6H,1H3;(H3,3,4,5,6,7);(H,3,5)(H,4,6);;/q;;;;;;;;;;;+1;+2. The van der Waals surface area contributed by atoms with Crippen molar-refractivity contribution in [3.63, 3.8) is 0 Å². The van der Waals surface area contributed by atoms with Crippen LogP contribution in [-0.4, -0.2) is 130 Å². The molecule has 7 aromatic heterocycles. The van der Waals surface area contributed by atoms with E-state index in [4.69, 9.17) is 161 Å². The van der Waals surface area contributed by atoms with Crippen LogP contribution >= 0.6 is 228 Å². The van der Waals surface area contributed by atoms with Gasteiger partial charge in [-0.2, -0.15) is 4.73 Å². The number of para-hydroxylation sites is 4. The molecule has 0 aliphatic carbocycles. The minimum atomic E-state index is -0.301. The number of aromatic amines is 9. The number of hydrogen-bond donors (Lipinski definition) is 19. The van der Waals surface area contributed by atoms with E-state index in [0.717, 1.165) is 71.3 Å². The molecule has 1 fully saturated rings. The number of nitrogens with two attached hydrogens (primary N) is 5. The van der Waals surface area contributed by atoms with E-state index in [-0.39, 0.29) is 82.2 Å². The van der Waals surface area contributed by atoms with E-state index in [2.05, 4.69) is 133 Å². The molecule has 0 bridgehead atoms. The van der Waals surface area contributed by atoms with E-state index in [1.807, 2.05) is 133 Å². The third-order valence-electron chi connectivity index (χ3n) is 13.1. The summed E-state index contributed by atoms with van der Waals surface area (Å²) in [6, 6.07) is 48.4.